The van der Waals surface area contributed by atoms with Gasteiger partial charge < -0.3 is 9.47 Å². The molecular weight excluding hydrogens is 196 g/mol. The molecule has 4 heteroatoms. The lowest BCUT2D eigenvalue weighted by Crippen LogP contribution is -2.20. The van der Waals surface area contributed by atoms with E-state index in [-0.39, 0.29) is 0 Å². The van der Waals surface area contributed by atoms with E-state index < -0.39 is 12.2 Å². The van der Waals surface area contributed by atoms with Gasteiger partial charge in [0.15, 0.2) is 6.10 Å². The zero-order chi connectivity index (χ0) is 10.7. The highest BCUT2D eigenvalue weighted by Crippen LogP contribution is 2.35. The Hall–Kier alpha value is -1.84. The van der Waals surface area contributed by atoms with Gasteiger partial charge in [0.1, 0.15) is 6.10 Å². The molecule has 1 aromatic rings. The summed E-state index contributed by atoms with van der Waals surface area (Å²) in [5.41, 5.74) is 1.97. The summed E-state index contributed by atoms with van der Waals surface area (Å²) in [6.07, 6.45) is -0.276. The minimum Gasteiger partial charge on any atom is -0.460 e. The fraction of sp³-hybridized carbons (Fsp3) is 0.273. The predicted octanol–water partition coefficient (Wildman–Crippen LogP) is 0.998. The predicted molar refractivity (Wildman–Crippen MR) is 51.0 cm³/mol. The third kappa shape index (κ3) is 1.70. The van der Waals surface area contributed by atoms with Gasteiger partial charge in [0.25, 0.3) is 12.9 Å². The molecule has 0 heterocycles. The maximum absolute atomic E-state index is 10.4. The number of benzene rings is 1. The summed E-state index contributed by atoms with van der Waals surface area (Å²) in [7, 11) is 0. The molecule has 0 N–H and O–H groups in total. The van der Waals surface area contributed by atoms with E-state index in [4.69, 9.17) is 9.47 Å². The van der Waals surface area contributed by atoms with Gasteiger partial charge in [0.05, 0.1) is 0 Å². The van der Waals surface area contributed by atoms with Crippen LogP contribution in [0.5, 0.6) is 0 Å². The molecule has 1 aliphatic carbocycles. The minimum absolute atomic E-state index is 0.383. The highest BCUT2D eigenvalue weighted by molar-refractivity contribution is 5.45. The third-order valence-corrected chi connectivity index (χ3v) is 2.55. The van der Waals surface area contributed by atoms with Crippen molar-refractivity contribution in [2.45, 2.75) is 18.6 Å². The third-order valence-electron chi connectivity index (χ3n) is 2.55. The molecule has 0 fully saturated rings. The van der Waals surface area contributed by atoms with Gasteiger partial charge in [0.2, 0.25) is 0 Å². The summed E-state index contributed by atoms with van der Waals surface area (Å²) in [5.74, 6) is 0. The smallest absolute Gasteiger partial charge is 0.293 e. The molecule has 78 valence electrons. The number of hydrogen-bond acceptors (Lipinski definition) is 4. The Morgan fingerprint density at radius 3 is 2.60 bits per heavy atom. The highest BCUT2D eigenvalue weighted by atomic mass is 16.6. The molecule has 15 heavy (non-hydrogen) atoms. The second kappa shape index (κ2) is 4.13. The lowest BCUT2D eigenvalue weighted by Gasteiger charge is -2.16. The normalized spacial score (nSPS) is 22.9. The van der Waals surface area contributed by atoms with Gasteiger partial charge in [0, 0.05) is 6.42 Å². The molecule has 0 aromatic heterocycles. The van der Waals surface area contributed by atoms with Crippen LogP contribution in [0.3, 0.4) is 0 Å². The van der Waals surface area contributed by atoms with Crippen molar-refractivity contribution in [2.24, 2.45) is 0 Å². The molecule has 1 aliphatic rings. The molecule has 2 atom stereocenters. The number of rotatable bonds is 4. The van der Waals surface area contributed by atoms with E-state index in [0.29, 0.717) is 19.4 Å². The first-order chi connectivity index (χ1) is 7.36. The van der Waals surface area contributed by atoms with Gasteiger partial charge in [-0.15, -0.1) is 0 Å². The second-order valence-electron chi connectivity index (χ2n) is 3.33. The van der Waals surface area contributed by atoms with Gasteiger partial charge in [-0.1, -0.05) is 24.3 Å². The Kier molecular flexibility index (Phi) is 2.67. The number of ether oxygens (including phenoxy) is 2. The van der Waals surface area contributed by atoms with E-state index in [1.165, 1.54) is 0 Å². The van der Waals surface area contributed by atoms with E-state index >= 15 is 0 Å². The molecule has 2 rings (SSSR count). The highest BCUT2D eigenvalue weighted by Gasteiger charge is 2.35. The van der Waals surface area contributed by atoms with E-state index in [0.717, 1.165) is 11.1 Å². The van der Waals surface area contributed by atoms with Gasteiger partial charge in [-0.3, -0.25) is 9.59 Å². The van der Waals surface area contributed by atoms with Crippen LogP contribution in [0.25, 0.3) is 0 Å². The zero-order valence-electron chi connectivity index (χ0n) is 7.96. The van der Waals surface area contributed by atoms with E-state index in [1.54, 1.807) is 0 Å². The van der Waals surface area contributed by atoms with Crippen LogP contribution in [0.1, 0.15) is 17.2 Å². The molecule has 0 radical (unpaired) electrons. The molecule has 4 nitrogen and oxygen atoms in total. The molecule has 0 amide bonds. The van der Waals surface area contributed by atoms with Gasteiger partial charge in [-0.05, 0) is 11.1 Å². The van der Waals surface area contributed by atoms with Crippen LogP contribution in [-0.2, 0) is 25.5 Å². The van der Waals surface area contributed by atoms with Crippen molar-refractivity contribution in [3.8, 4) is 0 Å². The minimum atomic E-state index is -0.469. The van der Waals surface area contributed by atoms with Crippen LogP contribution in [-0.4, -0.2) is 19.0 Å². The molecule has 0 unspecified atom stereocenters. The summed E-state index contributed by atoms with van der Waals surface area (Å²) in [5, 5.41) is 0. The largest absolute Gasteiger partial charge is 0.460 e. The van der Waals surface area contributed by atoms with Crippen LogP contribution in [0.4, 0.5) is 0 Å². The quantitative estimate of drug-likeness (QED) is 0.689. The average molecular weight is 206 g/mol. The van der Waals surface area contributed by atoms with Crippen molar-refractivity contribution in [1.82, 2.24) is 0 Å². The number of carbonyl (C=O) groups excluding carboxylic acids is 2. The van der Waals surface area contributed by atoms with Crippen LogP contribution >= 0.6 is 0 Å². The molecule has 0 bridgehead atoms. The first-order valence-corrected chi connectivity index (χ1v) is 4.63. The summed E-state index contributed by atoms with van der Waals surface area (Å²) < 4.78 is 9.82. The maximum atomic E-state index is 10.4. The van der Waals surface area contributed by atoms with Crippen LogP contribution < -0.4 is 0 Å². The van der Waals surface area contributed by atoms with Crippen molar-refractivity contribution in [3.05, 3.63) is 35.4 Å². The molecule has 0 spiro atoms. The van der Waals surface area contributed by atoms with E-state index in [9.17, 15) is 9.59 Å². The second-order valence-corrected chi connectivity index (χ2v) is 3.33. The van der Waals surface area contributed by atoms with Gasteiger partial charge in [-0.2, -0.15) is 0 Å². The fourth-order valence-corrected chi connectivity index (χ4v) is 1.93. The van der Waals surface area contributed by atoms with Gasteiger partial charge in [-0.25, -0.2) is 0 Å². The van der Waals surface area contributed by atoms with Crippen molar-refractivity contribution in [2.75, 3.05) is 0 Å². The Morgan fingerprint density at radius 1 is 1.13 bits per heavy atom. The average Bonchev–Trinajstić information content (AvgIpc) is 2.59. The summed E-state index contributed by atoms with van der Waals surface area (Å²) >= 11 is 0. The molecule has 0 saturated carbocycles. The lowest BCUT2D eigenvalue weighted by atomic mass is 10.1. The number of carbonyl (C=O) groups is 2. The molecule has 0 saturated heterocycles. The number of hydrogen-bond donors (Lipinski definition) is 0. The van der Waals surface area contributed by atoms with Crippen LogP contribution in [0, 0.1) is 0 Å². The monoisotopic (exact) mass is 206 g/mol. The maximum Gasteiger partial charge on any atom is 0.293 e. The Bertz CT molecular complexity index is 375. The SMILES string of the molecule is O=CO[C@@H]1Cc2ccccc2[C@@H]1OC=O. The lowest BCUT2D eigenvalue weighted by molar-refractivity contribution is -0.150. The number of fused-ring (bicyclic) bond motifs is 1. The summed E-state index contributed by atoms with van der Waals surface area (Å²) in [6, 6.07) is 7.58. The summed E-state index contributed by atoms with van der Waals surface area (Å²) in [4.78, 5) is 20.6. The van der Waals surface area contributed by atoms with Crippen molar-refractivity contribution in [1.29, 1.82) is 0 Å². The van der Waals surface area contributed by atoms with E-state index in [1.807, 2.05) is 24.3 Å². The van der Waals surface area contributed by atoms with Gasteiger partial charge >= 0.3 is 0 Å². The van der Waals surface area contributed by atoms with Crippen LogP contribution in [0.15, 0.2) is 24.3 Å². The van der Waals surface area contributed by atoms with Crippen molar-refractivity contribution >= 4 is 12.9 Å². The molecule has 1 aromatic carbocycles. The zero-order valence-corrected chi connectivity index (χ0v) is 7.96. The topological polar surface area (TPSA) is 52.6 Å². The van der Waals surface area contributed by atoms with E-state index in [2.05, 4.69) is 0 Å². The molecular formula is C11H10O4. The van der Waals surface area contributed by atoms with Crippen LogP contribution in [0.2, 0.25) is 0 Å². The Morgan fingerprint density at radius 2 is 1.87 bits per heavy atom. The Balaban J connectivity index is 2.28. The molecule has 0 aliphatic heterocycles. The standard InChI is InChI=1S/C11H10O4/c12-6-14-10-5-8-3-1-2-4-9(8)11(10)15-7-13/h1-4,6-7,10-11H,5H2/t10-,11+/m1/s1. The van der Waals surface area contributed by atoms with Crippen molar-refractivity contribution < 1.29 is 19.1 Å². The van der Waals surface area contributed by atoms with Crippen molar-refractivity contribution in [3.63, 3.8) is 0 Å². The fourth-order valence-electron chi connectivity index (χ4n) is 1.93. The Labute approximate surface area is 86.8 Å². The summed E-state index contributed by atoms with van der Waals surface area (Å²) in [6.45, 7) is 0.769. The first-order valence-electron chi connectivity index (χ1n) is 4.63. The first kappa shape index (κ1) is 9.71.